The summed E-state index contributed by atoms with van der Waals surface area (Å²) >= 11 is 0. The molecule has 0 unspecified atom stereocenters. The predicted molar refractivity (Wildman–Crippen MR) is 98.2 cm³/mol. The summed E-state index contributed by atoms with van der Waals surface area (Å²) in [7, 11) is 0. The molecule has 0 fully saturated rings. The average Bonchev–Trinajstić information content (AvgIpc) is 3.07. The summed E-state index contributed by atoms with van der Waals surface area (Å²) in [6.07, 6.45) is 0.665. The first-order valence-electron chi connectivity index (χ1n) is 8.64. The fourth-order valence-corrected chi connectivity index (χ4v) is 2.39. The molecule has 27 heavy (non-hydrogen) atoms. The van der Waals surface area contributed by atoms with Gasteiger partial charge in [0.2, 0.25) is 11.7 Å². The first kappa shape index (κ1) is 20.2. The molecule has 0 aliphatic heterocycles. The Bertz CT molecular complexity index is 815. The number of nitrogens with zero attached hydrogens (tertiary/aromatic N) is 2. The van der Waals surface area contributed by atoms with Crippen LogP contribution in [0.2, 0.25) is 0 Å². The predicted octanol–water partition coefficient (Wildman–Crippen LogP) is 2.33. The highest BCUT2D eigenvalue weighted by Crippen LogP contribution is 2.13. The van der Waals surface area contributed by atoms with Crippen LogP contribution in [0.25, 0.3) is 0 Å². The van der Waals surface area contributed by atoms with Gasteiger partial charge in [0.25, 0.3) is 5.91 Å². The number of hydrogen-bond acceptors (Lipinski definition) is 6. The maximum Gasteiger partial charge on any atom is 0.377 e. The topological polar surface area (TPSA) is 102 Å². The molecule has 0 aliphatic rings. The van der Waals surface area contributed by atoms with E-state index in [0.29, 0.717) is 24.3 Å². The van der Waals surface area contributed by atoms with Crippen LogP contribution in [0.4, 0.5) is 5.69 Å². The smallest absolute Gasteiger partial charge is 0.377 e. The summed E-state index contributed by atoms with van der Waals surface area (Å²) < 4.78 is 9.75. The van der Waals surface area contributed by atoms with Gasteiger partial charge in [-0.25, -0.2) is 4.79 Å². The molecule has 1 aromatic heterocycles. The average molecular weight is 373 g/mol. The highest BCUT2D eigenvalue weighted by Gasteiger charge is 2.20. The number of hydrogen-bond donors (Lipinski definition) is 1. The first-order chi connectivity index (χ1) is 12.9. The van der Waals surface area contributed by atoms with Gasteiger partial charge in [-0.15, -0.1) is 0 Å². The Balaban J connectivity index is 1.90. The van der Waals surface area contributed by atoms with Crippen LogP contribution in [-0.2, 0) is 14.3 Å². The molecule has 8 heteroatoms. The van der Waals surface area contributed by atoms with Crippen molar-refractivity contribution in [2.75, 3.05) is 25.0 Å². The van der Waals surface area contributed by atoms with E-state index in [0.717, 1.165) is 5.56 Å². The monoisotopic (exact) mass is 373 g/mol. The largest absolute Gasteiger partial charge is 0.450 e. The number of para-hydroxylation sites is 1. The lowest BCUT2D eigenvalue weighted by atomic mass is 10.2. The number of aryl methyl sites for hydroxylation is 2. The van der Waals surface area contributed by atoms with Gasteiger partial charge in [0.05, 0.1) is 12.2 Å². The third-order valence-corrected chi connectivity index (χ3v) is 3.76. The summed E-state index contributed by atoms with van der Waals surface area (Å²) in [4.78, 5) is 37.8. The number of nitrogens with one attached hydrogen (secondary N) is 1. The Hall–Kier alpha value is -3.16. The fraction of sp³-hybridized carbons (Fsp3) is 0.368. The van der Waals surface area contributed by atoms with E-state index in [1.807, 2.05) is 32.0 Å². The maximum atomic E-state index is 12.4. The van der Waals surface area contributed by atoms with E-state index < -0.39 is 18.5 Å². The molecular weight excluding hydrogens is 350 g/mol. The van der Waals surface area contributed by atoms with Crippen molar-refractivity contribution >= 4 is 23.5 Å². The van der Waals surface area contributed by atoms with Crippen molar-refractivity contribution in [1.29, 1.82) is 0 Å². The quantitative estimate of drug-likeness (QED) is 0.713. The van der Waals surface area contributed by atoms with Gasteiger partial charge in [0.15, 0.2) is 6.61 Å². The second-order valence-corrected chi connectivity index (χ2v) is 6.09. The second-order valence-electron chi connectivity index (χ2n) is 6.09. The highest BCUT2D eigenvalue weighted by atomic mass is 16.6. The van der Waals surface area contributed by atoms with Crippen LogP contribution in [0.1, 0.15) is 35.2 Å². The van der Waals surface area contributed by atoms with Crippen LogP contribution in [0.5, 0.6) is 0 Å². The number of aromatic nitrogens is 1. The Labute approximate surface area is 157 Å². The molecular formula is C19H23N3O5. The highest BCUT2D eigenvalue weighted by molar-refractivity contribution is 5.95. The maximum absolute atomic E-state index is 12.4. The molecule has 0 saturated heterocycles. The van der Waals surface area contributed by atoms with Crippen molar-refractivity contribution in [1.82, 2.24) is 10.1 Å². The number of rotatable bonds is 8. The minimum Gasteiger partial charge on any atom is -0.450 e. The third-order valence-electron chi connectivity index (χ3n) is 3.76. The SMILES string of the molecule is CCCN(CC(=O)Nc1ccccc1C)C(=O)COC(=O)c1cc(C)no1. The van der Waals surface area contributed by atoms with Gasteiger partial charge in [-0.1, -0.05) is 30.3 Å². The number of carbonyl (C=O) groups excluding carboxylic acids is 3. The van der Waals surface area contributed by atoms with E-state index in [2.05, 4.69) is 10.5 Å². The van der Waals surface area contributed by atoms with Crippen LogP contribution in [0.15, 0.2) is 34.9 Å². The number of ether oxygens (including phenoxy) is 1. The number of amides is 2. The summed E-state index contributed by atoms with van der Waals surface area (Å²) in [5.41, 5.74) is 2.16. The molecule has 144 valence electrons. The molecule has 2 aromatic rings. The van der Waals surface area contributed by atoms with E-state index in [1.165, 1.54) is 11.0 Å². The zero-order chi connectivity index (χ0) is 19.8. The van der Waals surface area contributed by atoms with Crippen molar-refractivity contribution in [3.8, 4) is 0 Å². The Morgan fingerprint density at radius 3 is 2.59 bits per heavy atom. The molecule has 0 aliphatic carbocycles. The van der Waals surface area contributed by atoms with Crippen molar-refractivity contribution in [3.05, 3.63) is 47.3 Å². The van der Waals surface area contributed by atoms with Crippen LogP contribution in [0, 0.1) is 13.8 Å². The van der Waals surface area contributed by atoms with Crippen LogP contribution < -0.4 is 5.32 Å². The van der Waals surface area contributed by atoms with Crippen molar-refractivity contribution in [2.24, 2.45) is 0 Å². The molecule has 8 nitrogen and oxygen atoms in total. The standard InChI is InChI=1S/C19H23N3O5/c1-4-9-22(11-17(23)20-15-8-6-5-7-13(15)2)18(24)12-26-19(25)16-10-14(3)21-27-16/h5-8,10H,4,9,11-12H2,1-3H3,(H,20,23). The number of anilines is 1. The molecule has 0 spiro atoms. The Morgan fingerprint density at radius 2 is 1.96 bits per heavy atom. The molecule has 0 radical (unpaired) electrons. The van der Waals surface area contributed by atoms with Crippen LogP contribution in [-0.4, -0.2) is 47.5 Å². The zero-order valence-corrected chi connectivity index (χ0v) is 15.7. The van der Waals surface area contributed by atoms with Gasteiger partial charge >= 0.3 is 5.97 Å². The molecule has 1 aromatic carbocycles. The molecule has 0 atom stereocenters. The lowest BCUT2D eigenvalue weighted by molar-refractivity contribution is -0.137. The minimum atomic E-state index is -0.773. The molecule has 1 heterocycles. The van der Waals surface area contributed by atoms with Gasteiger partial charge < -0.3 is 19.5 Å². The molecule has 1 N–H and O–H groups in total. The van der Waals surface area contributed by atoms with E-state index in [1.54, 1.807) is 13.0 Å². The van der Waals surface area contributed by atoms with Crippen LogP contribution >= 0.6 is 0 Å². The van der Waals surface area contributed by atoms with Crippen molar-refractivity contribution < 1.29 is 23.6 Å². The van der Waals surface area contributed by atoms with Gasteiger partial charge in [-0.2, -0.15) is 0 Å². The minimum absolute atomic E-state index is 0.0698. The van der Waals surface area contributed by atoms with Gasteiger partial charge in [-0.05, 0) is 31.9 Å². The van der Waals surface area contributed by atoms with E-state index >= 15 is 0 Å². The summed E-state index contributed by atoms with van der Waals surface area (Å²) in [6, 6.07) is 8.80. The summed E-state index contributed by atoms with van der Waals surface area (Å²) in [5, 5.41) is 6.38. The van der Waals surface area contributed by atoms with Crippen molar-refractivity contribution in [3.63, 3.8) is 0 Å². The van der Waals surface area contributed by atoms with Gasteiger partial charge in [-0.3, -0.25) is 9.59 Å². The summed E-state index contributed by atoms with van der Waals surface area (Å²) in [5.74, 6) is -1.62. The van der Waals surface area contributed by atoms with Gasteiger partial charge in [0.1, 0.15) is 0 Å². The van der Waals surface area contributed by atoms with E-state index in [9.17, 15) is 14.4 Å². The lowest BCUT2D eigenvalue weighted by Gasteiger charge is -2.21. The number of carbonyl (C=O) groups is 3. The molecule has 0 bridgehead atoms. The Kier molecular flexibility index (Phi) is 7.10. The Morgan fingerprint density at radius 1 is 1.22 bits per heavy atom. The molecule has 0 saturated carbocycles. The van der Waals surface area contributed by atoms with Crippen molar-refractivity contribution in [2.45, 2.75) is 27.2 Å². The lowest BCUT2D eigenvalue weighted by Crippen LogP contribution is -2.40. The molecule has 2 amide bonds. The second kappa shape index (κ2) is 9.51. The molecule has 2 rings (SSSR count). The number of esters is 1. The van der Waals surface area contributed by atoms with Gasteiger partial charge in [0, 0.05) is 18.3 Å². The fourth-order valence-electron chi connectivity index (χ4n) is 2.39. The van der Waals surface area contributed by atoms with Crippen LogP contribution in [0.3, 0.4) is 0 Å². The first-order valence-corrected chi connectivity index (χ1v) is 8.64. The number of benzene rings is 1. The normalized spacial score (nSPS) is 10.3. The summed E-state index contributed by atoms with van der Waals surface area (Å²) in [6.45, 7) is 5.22. The zero-order valence-electron chi connectivity index (χ0n) is 15.7. The van der Waals surface area contributed by atoms with E-state index in [4.69, 9.17) is 9.26 Å². The van der Waals surface area contributed by atoms with E-state index in [-0.39, 0.29) is 18.2 Å². The third kappa shape index (κ3) is 5.95.